The van der Waals surface area contributed by atoms with Crippen LogP contribution in [0, 0.1) is 20.8 Å². The lowest BCUT2D eigenvalue weighted by Gasteiger charge is -2.12. The van der Waals surface area contributed by atoms with Gasteiger partial charge in [0, 0.05) is 146 Å². The average Bonchev–Trinajstić information content (AvgIpc) is 1.64. The third-order valence-corrected chi connectivity index (χ3v) is 17.6. The molecule has 2 aromatic carbocycles. The number of benzene rings is 2. The molecule has 14 rings (SSSR count). The molecule has 12 aromatic heterocycles. The molecule has 0 atom stereocenters. The maximum atomic E-state index is 13.3. The van der Waals surface area contributed by atoms with E-state index in [1.165, 1.54) is 0 Å². The van der Waals surface area contributed by atoms with Crippen molar-refractivity contribution in [2.75, 3.05) is 28.4 Å². The van der Waals surface area contributed by atoms with E-state index in [0.717, 1.165) is 115 Å². The molecule has 0 bridgehead atoms. The van der Waals surface area contributed by atoms with Crippen molar-refractivity contribution in [1.82, 2.24) is 112 Å². The molecule has 14 aromatic rings. The van der Waals surface area contributed by atoms with E-state index in [0.29, 0.717) is 62.9 Å². The lowest BCUT2D eigenvalue weighted by atomic mass is 10.1. The number of aryl methyl sites for hydroxylation is 12. The van der Waals surface area contributed by atoms with Crippen molar-refractivity contribution in [2.24, 2.45) is 48.0 Å². The van der Waals surface area contributed by atoms with Crippen molar-refractivity contribution in [1.29, 1.82) is 0 Å². The monoisotopic (exact) mass is 1490 g/mol. The number of amides is 3. The smallest absolute Gasteiger partial charge is 0.270 e. The number of imidazole rings is 6. The number of halogens is 1. The maximum absolute atomic E-state index is 13.3. The number of rotatable bonds is 19. The van der Waals surface area contributed by atoms with E-state index < -0.39 is 5.91 Å². The number of primary amides is 1. The van der Waals surface area contributed by atoms with Gasteiger partial charge in [0.15, 0.2) is 29.1 Å². The fourth-order valence-corrected chi connectivity index (χ4v) is 12.2. The highest BCUT2D eigenvalue weighted by Gasteiger charge is 2.24. The molecular weight excluding hydrogens is 1400 g/mol. The van der Waals surface area contributed by atoms with Crippen molar-refractivity contribution < 1.29 is 34.8 Å². The van der Waals surface area contributed by atoms with Gasteiger partial charge in [0.25, 0.3) is 17.7 Å². The van der Waals surface area contributed by atoms with Crippen LogP contribution in [-0.2, 0) is 74.6 Å². The van der Waals surface area contributed by atoms with Gasteiger partial charge in [0.1, 0.15) is 73.5 Å². The predicted octanol–water partition coefficient (Wildman–Crippen LogP) is 9.80. The first-order chi connectivity index (χ1) is 49.9. The molecule has 3 amide bonds. The van der Waals surface area contributed by atoms with Crippen LogP contribution in [0.5, 0.6) is 23.0 Å². The molecule has 0 spiro atoms. The number of nitrogens with zero attached hydrogens (tertiary/aromatic N) is 21. The number of carbonyl (C=O) groups is 3. The molecule has 31 nitrogen and oxygen atoms in total. The molecule has 0 aliphatic carbocycles. The van der Waals surface area contributed by atoms with E-state index in [9.17, 15) is 14.4 Å². The minimum absolute atomic E-state index is 0. The number of fused-ring (bicyclic) bond motifs is 3. The van der Waals surface area contributed by atoms with Crippen molar-refractivity contribution in [3.63, 3.8) is 0 Å². The number of aromatic nitrogens is 21. The molecule has 0 aliphatic rings. The van der Waals surface area contributed by atoms with E-state index >= 15 is 0 Å². The Hall–Kier alpha value is -12.4. The Bertz CT molecular complexity index is 5490. The molecule has 0 aliphatic heterocycles. The second kappa shape index (κ2) is 32.3. The van der Waals surface area contributed by atoms with Crippen LogP contribution in [0.3, 0.4) is 0 Å². The predicted molar refractivity (Wildman–Crippen MR) is 402 cm³/mol. The summed E-state index contributed by atoms with van der Waals surface area (Å²) in [5, 5.41) is 21.1. The quantitative estimate of drug-likeness (QED) is 0.0634. The molecule has 0 radical (unpaired) electrons. The Morgan fingerprint density at radius 3 is 1.27 bits per heavy atom. The van der Waals surface area contributed by atoms with Gasteiger partial charge in [-0.2, -0.15) is 15.3 Å². The van der Waals surface area contributed by atoms with Crippen LogP contribution in [0.25, 0.3) is 73.2 Å². The third kappa shape index (κ3) is 16.1. The van der Waals surface area contributed by atoms with Crippen molar-refractivity contribution in [3.05, 3.63) is 184 Å². The number of carbonyl (C=O) groups excluding carboxylic acids is 3. The summed E-state index contributed by atoms with van der Waals surface area (Å²) in [7, 11) is 17.6. The zero-order valence-corrected chi connectivity index (χ0v) is 62.3. The summed E-state index contributed by atoms with van der Waals surface area (Å²) in [5.41, 5.74) is 14.3. The van der Waals surface area contributed by atoms with Crippen LogP contribution in [0.4, 0.5) is 0 Å². The maximum Gasteiger partial charge on any atom is 0.270 e. The van der Waals surface area contributed by atoms with Gasteiger partial charge in [-0.05, 0) is 79.2 Å². The molecule has 4 N–H and O–H groups in total. The zero-order valence-electron chi connectivity index (χ0n) is 61.7. The van der Waals surface area contributed by atoms with E-state index in [2.05, 4.69) is 92.5 Å². The highest BCUT2D eigenvalue weighted by molar-refractivity contribution is 9.10. The van der Waals surface area contributed by atoms with Crippen LogP contribution in [-0.4, -0.2) is 148 Å². The van der Waals surface area contributed by atoms with E-state index in [1.54, 1.807) is 97.7 Å². The number of nitrogens with two attached hydrogens (primary N) is 1. The molecule has 548 valence electrons. The van der Waals surface area contributed by atoms with Crippen molar-refractivity contribution in [3.8, 4) is 63.5 Å². The van der Waals surface area contributed by atoms with Gasteiger partial charge in [-0.3, -0.25) is 42.1 Å². The minimum Gasteiger partial charge on any atom is -1.00 e. The second-order valence-corrected chi connectivity index (χ2v) is 25.0. The van der Waals surface area contributed by atoms with Crippen molar-refractivity contribution in [2.45, 2.75) is 81.3 Å². The summed E-state index contributed by atoms with van der Waals surface area (Å²) in [6.45, 7) is 12.7. The van der Waals surface area contributed by atoms with Gasteiger partial charge < -0.3 is 50.4 Å². The van der Waals surface area contributed by atoms with E-state index in [-0.39, 0.29) is 38.6 Å². The molecule has 0 fully saturated rings. The number of hydrogen-bond acceptors (Lipinski definition) is 19. The topological polar surface area (TPSA) is 337 Å². The van der Waals surface area contributed by atoms with Gasteiger partial charge in [-0.1, -0.05) is 28.2 Å². The standard InChI is InChI=1S/C27H30N8O3.C18H20N8O.C17H17BrN4O3.C10H14N4.CH4.H/c1-7-23-30-16(2)14-35(23)24-15-33(3)26(32-24)25-19-13-29-34(4)21(19)11-20(31-25)27(36)28-12-17-8-9-18(37-5)10-22(17)38-6;1-5-14-21-10(2)8-26(14)15-9-24(3)18(23-15)16-11-7-20-25(4)13(11)6-12(22-16)17(19)27;1-22-14-7-13(21-16(18)12(14)9-20-22)17(23)19-8-10-4-5-11(24-2)6-15(10)25-3;1-4-9-12-8(2)5-14(9)10-6-13(3)7-11-10;;/h8-11,13-15H,7,12H2,1-6H3,(H,28,36);6-9H,5H2,1-4H3,(H2,19,27);4-7,9H,8H2,1-3H3,(H,19,23);5-7H,4H2,1-3H3;1H4;/q;;;;;-1/i;;;;;1+1. The van der Waals surface area contributed by atoms with Crippen LogP contribution in [0.2, 0.25) is 0 Å². The minimum atomic E-state index is -0.590. The highest BCUT2D eigenvalue weighted by atomic mass is 79.9. The Morgan fingerprint density at radius 1 is 0.486 bits per heavy atom. The summed E-state index contributed by atoms with van der Waals surface area (Å²) in [6.07, 6.45) is 21.2. The summed E-state index contributed by atoms with van der Waals surface area (Å²) >= 11 is 3.39. The lowest BCUT2D eigenvalue weighted by molar-refractivity contribution is 0.0938. The van der Waals surface area contributed by atoms with Gasteiger partial charge in [0.05, 0.1) is 92.4 Å². The Morgan fingerprint density at radius 2 is 0.876 bits per heavy atom. The molecule has 32 heteroatoms. The number of ether oxygens (including phenoxy) is 4. The molecule has 105 heavy (non-hydrogen) atoms. The second-order valence-electron chi connectivity index (χ2n) is 24.2. The normalized spacial score (nSPS) is 11.0. The van der Waals surface area contributed by atoms with Gasteiger partial charge in [-0.25, -0.2) is 44.9 Å². The van der Waals surface area contributed by atoms with Crippen LogP contribution in [0.1, 0.15) is 107 Å². The Kier molecular flexibility index (Phi) is 23.2. The third-order valence-electron chi connectivity index (χ3n) is 17.0. The fraction of sp³-hybridized carbons (Fsp3) is 0.301. The molecular formula is C73H86BrN24O7-. The SMILES string of the molecule is C.CCc1nc(C)cn1-c1cn(C)c(-c2nc(C(=O)NCc3ccc(OC)cc3OC)cc3c2cnn3C)n1.CCc1nc(C)cn1-c1cn(C)c(-c2nc(C(N)=O)cc3c2cnn3C)n1.CCc1nc(C)cn1-c1cn(C)cn1.COc1ccc(CNC(=O)c2cc3c(cnn3C)c(Br)n2)c(OC)c1.[2H-]. The number of methoxy groups -OCH3 is 4. The fourth-order valence-electron chi connectivity index (χ4n) is 11.7. The summed E-state index contributed by atoms with van der Waals surface area (Å²) < 4.78 is 38.6. The molecule has 12 heterocycles. The highest BCUT2D eigenvalue weighted by Crippen LogP contribution is 2.32. The van der Waals surface area contributed by atoms with Gasteiger partial charge in [0.2, 0.25) is 0 Å². The van der Waals surface area contributed by atoms with Gasteiger partial charge >= 0.3 is 0 Å². The largest absolute Gasteiger partial charge is 1.00 e. The molecule has 0 unspecified atom stereocenters. The summed E-state index contributed by atoms with van der Waals surface area (Å²) in [4.78, 5) is 78.5. The molecule has 0 saturated carbocycles. The summed E-state index contributed by atoms with van der Waals surface area (Å²) in [6, 6.07) is 16.0. The van der Waals surface area contributed by atoms with E-state index in [1.807, 2.05) is 152 Å². The van der Waals surface area contributed by atoms with Crippen LogP contribution >= 0.6 is 15.9 Å². The first kappa shape index (κ1) is 75.3. The summed E-state index contributed by atoms with van der Waals surface area (Å²) in [5.74, 6) is 8.04. The first-order valence-corrected chi connectivity index (χ1v) is 33.9. The van der Waals surface area contributed by atoms with Gasteiger partial charge in [-0.15, -0.1) is 0 Å². The first-order valence-electron chi connectivity index (χ1n) is 33.1. The van der Waals surface area contributed by atoms with Crippen LogP contribution < -0.4 is 35.3 Å². The van der Waals surface area contributed by atoms with Crippen molar-refractivity contribution >= 4 is 66.4 Å². The van der Waals surface area contributed by atoms with Crippen LogP contribution in [0.15, 0.2) is 121 Å². The number of nitrogens with one attached hydrogen (secondary N) is 2. The zero-order chi connectivity index (χ0) is 74.4. The molecule has 0 saturated heterocycles. The number of pyridine rings is 3. The van der Waals surface area contributed by atoms with E-state index in [4.69, 9.17) is 39.6 Å². The lowest BCUT2D eigenvalue weighted by Crippen LogP contribution is -2.24. The average molecular weight is 1490 g/mol. The Labute approximate surface area is 615 Å². The Balaban J connectivity index is 0.000000170. The number of hydrogen-bond donors (Lipinski definition) is 3.